The fourth-order valence-electron chi connectivity index (χ4n) is 2.83. The highest BCUT2D eigenvalue weighted by molar-refractivity contribution is 7.23. The number of aryl methyl sites for hydroxylation is 1. The molecule has 1 amide bonds. The number of carbonyl (C=O) groups excluding carboxylic acids is 1. The Morgan fingerprint density at radius 3 is 2.54 bits per heavy atom. The van der Waals surface area contributed by atoms with Crippen molar-refractivity contribution < 1.29 is 4.79 Å². The molecule has 0 atom stereocenters. The monoisotopic (exact) mass is 427 g/mol. The molecule has 0 unspecified atom stereocenters. The quantitative estimate of drug-likeness (QED) is 0.392. The van der Waals surface area contributed by atoms with Crippen LogP contribution in [-0.4, -0.2) is 15.9 Å². The van der Waals surface area contributed by atoms with Gasteiger partial charge in [-0.3, -0.25) is 14.7 Å². The molecule has 2 aromatic heterocycles. The third-order valence-corrected chi connectivity index (χ3v) is 6.09. The van der Waals surface area contributed by atoms with Gasteiger partial charge in [0.05, 0.1) is 27.5 Å². The second-order valence-electron chi connectivity index (χ2n) is 6.26. The van der Waals surface area contributed by atoms with E-state index in [2.05, 4.69) is 4.98 Å². The zero-order chi connectivity index (χ0) is 19.7. The van der Waals surface area contributed by atoms with Gasteiger partial charge in [-0.15, -0.1) is 0 Å². The maximum Gasteiger partial charge on any atom is 0.260 e. The minimum atomic E-state index is -0.171. The van der Waals surface area contributed by atoms with Crippen molar-refractivity contribution in [3.8, 4) is 0 Å². The zero-order valence-corrected chi connectivity index (χ0v) is 17.2. The van der Waals surface area contributed by atoms with Crippen LogP contribution in [0.4, 0.5) is 5.13 Å². The molecule has 0 N–H and O–H groups in total. The number of nitrogens with zero attached hydrogens (tertiary/aromatic N) is 3. The van der Waals surface area contributed by atoms with Crippen molar-refractivity contribution in [1.82, 2.24) is 9.97 Å². The molecule has 0 spiro atoms. The summed E-state index contributed by atoms with van der Waals surface area (Å²) in [5.74, 6) is -0.171. The number of amides is 1. The number of aromatic nitrogens is 2. The van der Waals surface area contributed by atoms with Gasteiger partial charge >= 0.3 is 0 Å². The van der Waals surface area contributed by atoms with Crippen molar-refractivity contribution in [3.05, 3.63) is 87.7 Å². The van der Waals surface area contributed by atoms with Crippen molar-refractivity contribution in [1.29, 1.82) is 0 Å². The molecule has 28 heavy (non-hydrogen) atoms. The van der Waals surface area contributed by atoms with Crippen molar-refractivity contribution in [3.63, 3.8) is 0 Å². The molecule has 2 aromatic carbocycles. The number of rotatable bonds is 4. The predicted molar refractivity (Wildman–Crippen MR) is 116 cm³/mol. The highest BCUT2D eigenvalue weighted by atomic mass is 35.5. The summed E-state index contributed by atoms with van der Waals surface area (Å²) in [5.41, 5.74) is 3.12. The summed E-state index contributed by atoms with van der Waals surface area (Å²) in [6.07, 6.45) is 1.71. The molecule has 0 radical (unpaired) electrons. The number of thiazole rings is 1. The lowest BCUT2D eigenvalue weighted by Crippen LogP contribution is -2.30. The molecule has 4 aromatic rings. The number of fused-ring (bicyclic) bond motifs is 1. The van der Waals surface area contributed by atoms with Gasteiger partial charge < -0.3 is 0 Å². The summed E-state index contributed by atoms with van der Waals surface area (Å²) < 4.78 is 0.867. The van der Waals surface area contributed by atoms with Crippen molar-refractivity contribution in [2.75, 3.05) is 4.90 Å². The van der Waals surface area contributed by atoms with E-state index in [-0.39, 0.29) is 5.91 Å². The Hall–Kier alpha value is -2.47. The van der Waals surface area contributed by atoms with Gasteiger partial charge in [-0.25, -0.2) is 4.98 Å². The lowest BCUT2D eigenvalue weighted by atomic mass is 10.2. The third-order valence-electron chi connectivity index (χ3n) is 4.30. The number of halogens is 2. The van der Waals surface area contributed by atoms with Gasteiger partial charge in [0, 0.05) is 16.8 Å². The first-order chi connectivity index (χ1) is 13.5. The topological polar surface area (TPSA) is 46.1 Å². The normalized spacial score (nSPS) is 11.0. The number of hydrogen-bond donors (Lipinski definition) is 0. The molecule has 0 aliphatic carbocycles. The van der Waals surface area contributed by atoms with Crippen LogP contribution < -0.4 is 4.90 Å². The van der Waals surface area contributed by atoms with E-state index in [1.807, 2.05) is 37.3 Å². The van der Waals surface area contributed by atoms with E-state index in [4.69, 9.17) is 28.2 Å². The summed E-state index contributed by atoms with van der Waals surface area (Å²) in [6, 6.07) is 16.2. The highest BCUT2D eigenvalue weighted by Gasteiger charge is 2.23. The van der Waals surface area contributed by atoms with Crippen LogP contribution in [-0.2, 0) is 6.54 Å². The summed E-state index contributed by atoms with van der Waals surface area (Å²) >= 11 is 13.7. The molecule has 4 nitrogen and oxygen atoms in total. The number of pyridine rings is 1. The molecule has 2 heterocycles. The van der Waals surface area contributed by atoms with Crippen molar-refractivity contribution in [2.45, 2.75) is 13.5 Å². The lowest BCUT2D eigenvalue weighted by Gasteiger charge is -2.19. The maximum atomic E-state index is 13.3. The molecule has 0 saturated heterocycles. The van der Waals surface area contributed by atoms with E-state index >= 15 is 0 Å². The van der Waals surface area contributed by atoms with Crippen LogP contribution >= 0.6 is 34.5 Å². The van der Waals surface area contributed by atoms with E-state index in [0.717, 1.165) is 21.5 Å². The Morgan fingerprint density at radius 2 is 1.86 bits per heavy atom. The number of benzene rings is 2. The van der Waals surface area contributed by atoms with Crippen LogP contribution in [0.5, 0.6) is 0 Å². The molecule has 140 valence electrons. The molecular weight excluding hydrogens is 413 g/mol. The van der Waals surface area contributed by atoms with Gasteiger partial charge in [-0.1, -0.05) is 46.7 Å². The molecule has 4 rings (SSSR count). The highest BCUT2D eigenvalue weighted by Crippen LogP contribution is 2.36. The minimum Gasteiger partial charge on any atom is -0.278 e. The van der Waals surface area contributed by atoms with Gasteiger partial charge in [0.2, 0.25) is 0 Å². The number of carbonyl (C=O) groups is 1. The van der Waals surface area contributed by atoms with Crippen LogP contribution in [0.15, 0.2) is 60.8 Å². The van der Waals surface area contributed by atoms with Crippen molar-refractivity contribution in [2.24, 2.45) is 0 Å². The smallest absolute Gasteiger partial charge is 0.260 e. The van der Waals surface area contributed by atoms with Gasteiger partial charge in [-0.05, 0) is 55.0 Å². The van der Waals surface area contributed by atoms with Crippen LogP contribution in [0.2, 0.25) is 10.0 Å². The van der Waals surface area contributed by atoms with Gasteiger partial charge in [0.1, 0.15) is 0 Å². The third kappa shape index (κ3) is 3.74. The van der Waals surface area contributed by atoms with Crippen LogP contribution in [0.1, 0.15) is 21.6 Å². The van der Waals surface area contributed by atoms with E-state index in [1.54, 1.807) is 35.4 Å². The van der Waals surface area contributed by atoms with Crippen LogP contribution in [0, 0.1) is 6.92 Å². The SMILES string of the molecule is Cc1ccc(Cl)c2sc(N(Cc3ccccn3)C(=O)c3ccc(Cl)cc3)nc12. The van der Waals surface area contributed by atoms with Gasteiger partial charge in [0.15, 0.2) is 5.13 Å². The summed E-state index contributed by atoms with van der Waals surface area (Å²) in [7, 11) is 0. The summed E-state index contributed by atoms with van der Waals surface area (Å²) in [5, 5.41) is 1.79. The van der Waals surface area contributed by atoms with E-state index in [0.29, 0.717) is 27.3 Å². The average molecular weight is 428 g/mol. The molecule has 0 bridgehead atoms. The fourth-order valence-corrected chi connectivity index (χ4v) is 4.27. The lowest BCUT2D eigenvalue weighted by molar-refractivity contribution is 0.0985. The first-order valence-corrected chi connectivity index (χ1v) is 10.1. The van der Waals surface area contributed by atoms with E-state index < -0.39 is 0 Å². The predicted octanol–water partition coefficient (Wildman–Crippen LogP) is 6.15. The standard InChI is InChI=1S/C21H15Cl2N3OS/c1-13-5-10-17(23)19-18(13)25-21(28-19)26(12-16-4-2-3-11-24-16)20(27)14-6-8-15(22)9-7-14/h2-11H,12H2,1H3. The molecule has 0 aliphatic rings. The average Bonchev–Trinajstić information content (AvgIpc) is 3.16. The first kappa shape index (κ1) is 18.9. The zero-order valence-electron chi connectivity index (χ0n) is 14.9. The molecule has 7 heteroatoms. The fraction of sp³-hybridized carbons (Fsp3) is 0.0952. The first-order valence-electron chi connectivity index (χ1n) is 8.56. The summed E-state index contributed by atoms with van der Waals surface area (Å²) in [4.78, 5) is 24.0. The van der Waals surface area contributed by atoms with Crippen molar-refractivity contribution >= 4 is 55.8 Å². The summed E-state index contributed by atoms with van der Waals surface area (Å²) in [6.45, 7) is 2.28. The van der Waals surface area contributed by atoms with E-state index in [9.17, 15) is 4.79 Å². The molecular formula is C21H15Cl2N3OS. The van der Waals surface area contributed by atoms with Gasteiger partial charge in [-0.2, -0.15) is 0 Å². The molecule has 0 saturated carbocycles. The minimum absolute atomic E-state index is 0.171. The Bertz CT molecular complexity index is 1100. The van der Waals surface area contributed by atoms with Gasteiger partial charge in [0.25, 0.3) is 5.91 Å². The second-order valence-corrected chi connectivity index (χ2v) is 8.08. The Labute approximate surface area is 176 Å². The van der Waals surface area contributed by atoms with Crippen LogP contribution in [0.25, 0.3) is 10.2 Å². The molecule has 0 aliphatic heterocycles. The maximum absolute atomic E-state index is 13.3. The Kier molecular flexibility index (Phi) is 5.31. The van der Waals surface area contributed by atoms with E-state index in [1.165, 1.54) is 11.3 Å². The second kappa shape index (κ2) is 7.87. The number of hydrogen-bond acceptors (Lipinski definition) is 4. The Balaban J connectivity index is 1.80. The van der Waals surface area contributed by atoms with Crippen LogP contribution in [0.3, 0.4) is 0 Å². The Morgan fingerprint density at radius 1 is 1.07 bits per heavy atom. The largest absolute Gasteiger partial charge is 0.278 e. The number of anilines is 1. The molecule has 0 fully saturated rings.